The van der Waals surface area contributed by atoms with Gasteiger partial charge in [-0.25, -0.2) is 4.79 Å². The number of piperidine rings is 1. The molecule has 0 spiro atoms. The maximum absolute atomic E-state index is 11.7. The van der Waals surface area contributed by atoms with E-state index in [-0.39, 0.29) is 31.4 Å². The first kappa shape index (κ1) is 62.6. The molecule has 0 radical (unpaired) electrons. The molecule has 3 heterocycles. The molecule has 0 aromatic heterocycles. The quantitative estimate of drug-likeness (QED) is 0.0505. The van der Waals surface area contributed by atoms with E-state index in [0.717, 1.165) is 96.9 Å². The summed E-state index contributed by atoms with van der Waals surface area (Å²) >= 11 is 0. The molecule has 0 saturated carbocycles. The molecular formula is C55H94N4O11. The second-order valence-corrected chi connectivity index (χ2v) is 18.5. The number of morpholine rings is 1. The number of amides is 1. The van der Waals surface area contributed by atoms with Gasteiger partial charge in [-0.2, -0.15) is 0 Å². The Kier molecular flexibility index (Phi) is 36.7. The van der Waals surface area contributed by atoms with Crippen molar-refractivity contribution in [3.8, 4) is 0 Å². The summed E-state index contributed by atoms with van der Waals surface area (Å²) in [5.74, 6) is -0.0313. The number of likely N-dealkylation sites (tertiary alicyclic amines) is 1. The summed E-state index contributed by atoms with van der Waals surface area (Å²) < 4.78 is 31.5. The third-order valence-corrected chi connectivity index (χ3v) is 12.3. The van der Waals surface area contributed by atoms with Gasteiger partial charge in [0.1, 0.15) is 12.2 Å². The summed E-state index contributed by atoms with van der Waals surface area (Å²) in [6.45, 7) is 19.5. The maximum Gasteiger partial charge on any atom is 0.410 e. The van der Waals surface area contributed by atoms with E-state index >= 15 is 0 Å². The van der Waals surface area contributed by atoms with Gasteiger partial charge in [0.2, 0.25) is 0 Å². The van der Waals surface area contributed by atoms with E-state index in [9.17, 15) is 14.7 Å². The van der Waals surface area contributed by atoms with E-state index in [4.69, 9.17) is 38.6 Å². The zero-order valence-electron chi connectivity index (χ0n) is 44.0. The number of hydrogen-bond donors (Lipinski definition) is 3. The van der Waals surface area contributed by atoms with Gasteiger partial charge in [0.05, 0.1) is 70.4 Å². The van der Waals surface area contributed by atoms with Crippen molar-refractivity contribution in [1.82, 2.24) is 14.7 Å². The summed E-state index contributed by atoms with van der Waals surface area (Å²) in [6, 6.07) is 18.7. The van der Waals surface area contributed by atoms with Gasteiger partial charge in [0.25, 0.3) is 0 Å². The molecule has 5 rings (SSSR count). The normalized spacial score (nSPS) is 14.9. The van der Waals surface area contributed by atoms with Crippen LogP contribution in [-0.2, 0) is 39.6 Å². The smallest absolute Gasteiger partial charge is 0.410 e. The summed E-state index contributed by atoms with van der Waals surface area (Å²) in [5, 5.41) is 26.5. The van der Waals surface area contributed by atoms with E-state index in [1.165, 1.54) is 61.8 Å². The fourth-order valence-electron chi connectivity index (χ4n) is 7.61. The Hall–Kier alpha value is -3.51. The molecule has 3 N–H and O–H groups in total. The Balaban J connectivity index is 0.000000324. The summed E-state index contributed by atoms with van der Waals surface area (Å²) in [7, 11) is 1.69. The predicted octanol–water partition coefficient (Wildman–Crippen LogP) is 8.26. The standard InChI is InChI=1S/C18H35NO3.C14H11N.C12H27NO5.C11H21NO3/c1-2-3-4-5-6-7-8-9-10-11-18(20)22-17-14-19-12-15-21-16-13-19;1-2-6-11(7-3-1)14-10-12-8-4-5-9-13(12)15-14;1-16-8-2-3-13(4-9-17-11-6-14)5-10-18-12-7-15;1-4-11(2,3)15-10(14)12-7-5-9(13)6-8-12/h2-17H2,1H3;1-9H,10H2;14-15H,2-12H2,1H3;9,13H,4-8H2,1-3H3. The molecule has 15 nitrogen and oxygen atoms in total. The van der Waals surface area contributed by atoms with Crippen LogP contribution in [0.3, 0.4) is 0 Å². The van der Waals surface area contributed by atoms with Crippen LogP contribution in [0.25, 0.3) is 0 Å². The van der Waals surface area contributed by atoms with Gasteiger partial charge in [-0.15, -0.1) is 0 Å². The molecule has 1 amide bonds. The number of fused-ring (bicyclic) bond motifs is 1. The lowest BCUT2D eigenvalue weighted by molar-refractivity contribution is -0.144. The van der Waals surface area contributed by atoms with E-state index in [2.05, 4.69) is 64.2 Å². The van der Waals surface area contributed by atoms with Crippen LogP contribution in [0.2, 0.25) is 0 Å². The molecule has 2 saturated heterocycles. The van der Waals surface area contributed by atoms with E-state index in [1.54, 1.807) is 12.0 Å². The van der Waals surface area contributed by atoms with Crippen LogP contribution in [0.1, 0.15) is 129 Å². The van der Waals surface area contributed by atoms with Gasteiger partial charge in [-0.1, -0.05) is 114 Å². The van der Waals surface area contributed by atoms with Gasteiger partial charge < -0.3 is 48.6 Å². The molecule has 3 aliphatic rings. The van der Waals surface area contributed by atoms with Crippen LogP contribution >= 0.6 is 0 Å². The number of hydrogen-bond acceptors (Lipinski definition) is 14. The molecule has 2 fully saturated rings. The van der Waals surface area contributed by atoms with Crippen molar-refractivity contribution < 1.29 is 53.3 Å². The lowest BCUT2D eigenvalue weighted by atomic mass is 10.0. The van der Waals surface area contributed by atoms with E-state index in [1.807, 2.05) is 32.9 Å². The Bertz CT molecular complexity index is 1590. The molecule has 2 aromatic carbocycles. The lowest BCUT2D eigenvalue weighted by Gasteiger charge is -2.32. The number of nitrogens with zero attached hydrogens (tertiary/aromatic N) is 4. The highest BCUT2D eigenvalue weighted by Crippen LogP contribution is 2.28. The molecule has 0 aliphatic carbocycles. The maximum atomic E-state index is 11.7. The fraction of sp³-hybridized carbons (Fsp3) is 0.727. The molecule has 2 aromatic rings. The lowest BCUT2D eigenvalue weighted by Crippen LogP contribution is -2.43. The van der Waals surface area contributed by atoms with Crippen molar-refractivity contribution in [1.29, 1.82) is 0 Å². The first-order chi connectivity index (χ1) is 34.0. The predicted molar refractivity (Wildman–Crippen MR) is 279 cm³/mol. The van der Waals surface area contributed by atoms with Crippen LogP contribution in [0.4, 0.5) is 10.5 Å². The number of aliphatic hydroxyl groups is 3. The number of aliphatic imine (C=N–C) groups is 1. The number of unbranched alkanes of at least 4 members (excludes halogenated alkanes) is 8. The Morgan fingerprint density at radius 1 is 0.743 bits per heavy atom. The fourth-order valence-corrected chi connectivity index (χ4v) is 7.61. The third-order valence-electron chi connectivity index (χ3n) is 12.3. The molecule has 0 unspecified atom stereocenters. The Labute approximate surface area is 422 Å². The van der Waals surface area contributed by atoms with Gasteiger partial charge in [0.15, 0.2) is 0 Å². The molecule has 400 valence electrons. The molecule has 70 heavy (non-hydrogen) atoms. The minimum absolute atomic E-state index is 0.0313. The highest BCUT2D eigenvalue weighted by molar-refractivity contribution is 6.06. The van der Waals surface area contributed by atoms with Crippen LogP contribution in [-0.4, -0.2) is 185 Å². The zero-order chi connectivity index (χ0) is 50.9. The first-order valence-electron chi connectivity index (χ1n) is 26.5. The zero-order valence-corrected chi connectivity index (χ0v) is 44.0. The average Bonchev–Trinajstić information content (AvgIpc) is 3.82. The number of methoxy groups -OCH3 is 1. The molecular weight excluding hydrogens is 893 g/mol. The number of para-hydroxylation sites is 1. The average molecular weight is 987 g/mol. The van der Waals surface area contributed by atoms with Crippen molar-refractivity contribution in [2.75, 3.05) is 126 Å². The second-order valence-electron chi connectivity index (χ2n) is 18.5. The largest absolute Gasteiger partial charge is 0.464 e. The van der Waals surface area contributed by atoms with Crippen molar-refractivity contribution in [3.05, 3.63) is 65.7 Å². The monoisotopic (exact) mass is 987 g/mol. The van der Waals surface area contributed by atoms with Crippen molar-refractivity contribution in [2.45, 2.75) is 136 Å². The first-order valence-corrected chi connectivity index (χ1v) is 26.5. The van der Waals surface area contributed by atoms with Crippen molar-refractivity contribution in [2.24, 2.45) is 4.99 Å². The number of ether oxygens (including phenoxy) is 6. The van der Waals surface area contributed by atoms with Crippen LogP contribution < -0.4 is 0 Å². The highest BCUT2D eigenvalue weighted by atomic mass is 16.6. The van der Waals surface area contributed by atoms with Crippen molar-refractivity contribution in [3.63, 3.8) is 0 Å². The number of benzene rings is 2. The minimum atomic E-state index is -0.396. The van der Waals surface area contributed by atoms with E-state index < -0.39 is 5.60 Å². The topological polar surface area (TPSA) is 172 Å². The SMILES string of the molecule is CCC(C)(C)OC(=O)N1CCC(O)CC1.CCCCCCCCCCCC(=O)OCCN1CCOCC1.COCCCN(CCOCCO)CCOCCO.c1ccc(C2=Nc3ccccc3C2)cc1. The van der Waals surface area contributed by atoms with Crippen LogP contribution in [0.5, 0.6) is 0 Å². The third kappa shape index (κ3) is 31.1. The number of carbonyl (C=O) groups excluding carboxylic acids is 2. The van der Waals surface area contributed by atoms with Gasteiger partial charge >= 0.3 is 12.1 Å². The van der Waals surface area contributed by atoms with E-state index in [0.29, 0.717) is 65.4 Å². The van der Waals surface area contributed by atoms with Gasteiger partial charge in [-0.05, 0) is 63.1 Å². The summed E-state index contributed by atoms with van der Waals surface area (Å²) in [5.41, 5.74) is 4.46. The van der Waals surface area contributed by atoms with Crippen LogP contribution in [0, 0.1) is 0 Å². The second kappa shape index (κ2) is 41.0. The molecule has 3 aliphatic heterocycles. The number of aliphatic hydroxyl groups excluding tert-OH is 3. The molecule has 0 atom stereocenters. The number of carbonyl (C=O) groups is 2. The minimum Gasteiger partial charge on any atom is -0.464 e. The van der Waals surface area contributed by atoms with Crippen LogP contribution in [0.15, 0.2) is 59.6 Å². The van der Waals surface area contributed by atoms with Gasteiger partial charge in [-0.3, -0.25) is 19.6 Å². The summed E-state index contributed by atoms with van der Waals surface area (Å²) in [6.07, 6.45) is 15.6. The molecule has 15 heteroatoms. The Morgan fingerprint density at radius 3 is 1.93 bits per heavy atom. The summed E-state index contributed by atoms with van der Waals surface area (Å²) in [4.78, 5) is 34.2. The number of esters is 1. The van der Waals surface area contributed by atoms with Gasteiger partial charge in [0, 0.05) is 78.9 Å². The van der Waals surface area contributed by atoms with Crippen molar-refractivity contribution >= 4 is 23.5 Å². The Morgan fingerprint density at radius 2 is 1.34 bits per heavy atom. The number of rotatable bonds is 30. The highest BCUT2D eigenvalue weighted by Gasteiger charge is 2.27. The molecule has 0 bridgehead atoms.